The molecule has 0 bridgehead atoms. The molecule has 3 aliphatic rings. The summed E-state index contributed by atoms with van der Waals surface area (Å²) in [4.78, 5) is 45.7. The molecule has 1 atom stereocenters. The predicted octanol–water partition coefficient (Wildman–Crippen LogP) is 6.40. The molecule has 0 radical (unpaired) electrons. The zero-order valence-corrected chi connectivity index (χ0v) is 27.9. The van der Waals surface area contributed by atoms with Gasteiger partial charge in [-0.15, -0.1) is 0 Å². The van der Waals surface area contributed by atoms with E-state index in [2.05, 4.69) is 48.9 Å². The summed E-state index contributed by atoms with van der Waals surface area (Å²) in [6.07, 6.45) is 10.0. The summed E-state index contributed by atoms with van der Waals surface area (Å²) in [5, 5.41) is 0.746. The van der Waals surface area contributed by atoms with Crippen molar-refractivity contribution < 1.29 is 14.4 Å². The van der Waals surface area contributed by atoms with Crippen molar-refractivity contribution in [3.8, 4) is 0 Å². The van der Waals surface area contributed by atoms with E-state index in [0.29, 0.717) is 57.0 Å². The summed E-state index contributed by atoms with van der Waals surface area (Å²) in [6.45, 7) is 2.93. The Bertz CT molecular complexity index is 1320. The number of amides is 3. The predicted molar refractivity (Wildman–Crippen MR) is 171 cm³/mol. The number of nitrogens with zero attached hydrogens (tertiary/aromatic N) is 3. The highest BCUT2D eigenvalue weighted by Gasteiger charge is 2.37. The molecule has 1 aromatic carbocycles. The van der Waals surface area contributed by atoms with Crippen LogP contribution >= 0.6 is 43.5 Å². The average Bonchev–Trinajstić information content (AvgIpc) is 3.12. The van der Waals surface area contributed by atoms with Gasteiger partial charge in [0.1, 0.15) is 0 Å². The number of carbonyl (C=O) groups is 3. The van der Waals surface area contributed by atoms with E-state index in [1.54, 1.807) is 0 Å². The Morgan fingerprint density at radius 3 is 2.24 bits per heavy atom. The van der Waals surface area contributed by atoms with Crippen molar-refractivity contribution in [2.75, 3.05) is 26.2 Å². The van der Waals surface area contributed by atoms with Crippen LogP contribution in [0, 0.1) is 11.8 Å². The molecule has 1 aromatic heterocycles. The Labute approximate surface area is 270 Å². The lowest BCUT2D eigenvalue weighted by Gasteiger charge is -2.38. The molecule has 7 nitrogen and oxygen atoms in total. The number of pyridine rings is 1. The molecule has 0 saturated carbocycles. The van der Waals surface area contributed by atoms with Gasteiger partial charge >= 0.3 is 0 Å². The third-order valence-electron chi connectivity index (χ3n) is 9.28. The van der Waals surface area contributed by atoms with Gasteiger partial charge in [0, 0.05) is 71.5 Å². The number of piperidine rings is 2. The Kier molecular flexibility index (Phi) is 10.6. The van der Waals surface area contributed by atoms with Crippen molar-refractivity contribution in [3.05, 3.63) is 60.7 Å². The van der Waals surface area contributed by atoms with Gasteiger partial charge in [-0.1, -0.05) is 27.5 Å². The zero-order valence-electron chi connectivity index (χ0n) is 23.9. The molecule has 1 unspecified atom stereocenters. The van der Waals surface area contributed by atoms with Crippen molar-refractivity contribution >= 4 is 61.2 Å². The normalized spacial score (nSPS) is 19.6. The summed E-state index contributed by atoms with van der Waals surface area (Å²) in [5.74, 6) is 0.921. The van der Waals surface area contributed by atoms with Gasteiger partial charge in [0.05, 0.1) is 5.69 Å². The molecule has 2 aliphatic heterocycles. The minimum Gasteiger partial charge on any atom is -0.370 e. The van der Waals surface area contributed by atoms with Crippen LogP contribution in [0.5, 0.6) is 0 Å². The largest absolute Gasteiger partial charge is 0.370 e. The molecule has 42 heavy (non-hydrogen) atoms. The molecule has 5 rings (SSSR count). The minimum absolute atomic E-state index is 0.142. The summed E-state index contributed by atoms with van der Waals surface area (Å²) in [6, 6.07) is 6.31. The number of hydrogen-bond acceptors (Lipinski definition) is 4. The van der Waals surface area contributed by atoms with E-state index >= 15 is 0 Å². The summed E-state index contributed by atoms with van der Waals surface area (Å²) in [7, 11) is 0. The van der Waals surface area contributed by atoms with E-state index in [0.717, 1.165) is 71.3 Å². The van der Waals surface area contributed by atoms with Crippen LogP contribution in [0.2, 0.25) is 5.02 Å². The zero-order chi connectivity index (χ0) is 29.8. The molecule has 2 fully saturated rings. The second-order valence-electron chi connectivity index (χ2n) is 12.1. The van der Waals surface area contributed by atoms with Crippen molar-refractivity contribution in [2.24, 2.45) is 17.6 Å². The van der Waals surface area contributed by atoms with Gasteiger partial charge in [0.2, 0.25) is 17.7 Å². The van der Waals surface area contributed by atoms with Crippen LogP contribution in [0.25, 0.3) is 0 Å². The number of fused-ring (bicyclic) bond motifs is 2. The SMILES string of the molecule is NC(=O)CCCCC(=O)N1CCC(CC(=O)N2CCC(C3c4ncc(Br)cc4CCc4cc(Cl)cc(Br)c43)CC2)CC1. The van der Waals surface area contributed by atoms with E-state index < -0.39 is 0 Å². The standard InChI is InChI=1S/C32H39Br2ClN4O3/c33-24-16-23-6-5-22-17-25(35)18-26(34)30(22)31(32(23)37-19-24)21-9-13-39(14-10-21)29(42)15-20-7-11-38(12-8-20)28(41)4-2-1-3-27(36)40/h16-21,31H,1-15H2,(H2,36,40). The topological polar surface area (TPSA) is 96.6 Å². The molecule has 2 aromatic rings. The van der Waals surface area contributed by atoms with Crippen LogP contribution in [0.1, 0.15) is 86.1 Å². The van der Waals surface area contributed by atoms with Gasteiger partial charge in [-0.25, -0.2) is 0 Å². The van der Waals surface area contributed by atoms with E-state index in [1.807, 2.05) is 17.2 Å². The number of benzene rings is 1. The second kappa shape index (κ2) is 14.2. The second-order valence-corrected chi connectivity index (χ2v) is 14.3. The Morgan fingerprint density at radius 1 is 0.881 bits per heavy atom. The third kappa shape index (κ3) is 7.56. The molecule has 1 aliphatic carbocycles. The monoisotopic (exact) mass is 720 g/mol. The number of primary amides is 1. The summed E-state index contributed by atoms with van der Waals surface area (Å²) >= 11 is 13.9. The quantitative estimate of drug-likeness (QED) is 0.319. The Hall–Kier alpha value is -1.97. The maximum atomic E-state index is 13.3. The first-order chi connectivity index (χ1) is 20.2. The average molecular weight is 723 g/mol. The summed E-state index contributed by atoms with van der Waals surface area (Å²) in [5.41, 5.74) is 10.2. The molecule has 3 heterocycles. The van der Waals surface area contributed by atoms with E-state index in [9.17, 15) is 14.4 Å². The molecule has 3 amide bonds. The molecule has 2 saturated heterocycles. The summed E-state index contributed by atoms with van der Waals surface area (Å²) < 4.78 is 2.04. The van der Waals surface area contributed by atoms with Crippen molar-refractivity contribution in [3.63, 3.8) is 0 Å². The number of likely N-dealkylation sites (tertiary alicyclic amines) is 2. The number of aryl methyl sites for hydroxylation is 2. The van der Waals surface area contributed by atoms with Crippen molar-refractivity contribution in [1.29, 1.82) is 0 Å². The molecular weight excluding hydrogens is 684 g/mol. The fourth-order valence-electron chi connectivity index (χ4n) is 7.01. The number of halogens is 3. The molecule has 226 valence electrons. The Morgan fingerprint density at radius 2 is 1.52 bits per heavy atom. The van der Waals surface area contributed by atoms with Crippen molar-refractivity contribution in [2.45, 2.75) is 76.5 Å². The van der Waals surface area contributed by atoms with Gasteiger partial charge in [0.15, 0.2) is 0 Å². The highest BCUT2D eigenvalue weighted by Crippen LogP contribution is 2.46. The highest BCUT2D eigenvalue weighted by atomic mass is 79.9. The van der Waals surface area contributed by atoms with Crippen LogP contribution in [0.3, 0.4) is 0 Å². The third-order valence-corrected chi connectivity index (χ3v) is 10.6. The first kappa shape index (κ1) is 31.5. The number of hydrogen-bond donors (Lipinski definition) is 1. The molecule has 10 heteroatoms. The fraction of sp³-hybridized carbons (Fsp3) is 0.562. The van der Waals surface area contributed by atoms with Crippen molar-refractivity contribution in [1.82, 2.24) is 14.8 Å². The number of aromatic nitrogens is 1. The molecular formula is C32H39Br2ClN4O3. The number of nitrogens with two attached hydrogens (primary N) is 1. The van der Waals surface area contributed by atoms with E-state index in [4.69, 9.17) is 22.3 Å². The van der Waals surface area contributed by atoms with Crippen LogP contribution in [0.15, 0.2) is 33.3 Å². The lowest BCUT2D eigenvalue weighted by atomic mass is 9.76. The van der Waals surface area contributed by atoms with Gasteiger partial charge in [0.25, 0.3) is 0 Å². The van der Waals surface area contributed by atoms with E-state index in [1.165, 1.54) is 16.7 Å². The van der Waals surface area contributed by atoms with Gasteiger partial charge < -0.3 is 15.5 Å². The molecule has 2 N–H and O–H groups in total. The van der Waals surface area contributed by atoms with Gasteiger partial charge in [-0.3, -0.25) is 19.4 Å². The first-order valence-corrected chi connectivity index (χ1v) is 17.1. The van der Waals surface area contributed by atoms with Crippen LogP contribution < -0.4 is 5.73 Å². The maximum absolute atomic E-state index is 13.3. The molecule has 0 spiro atoms. The lowest BCUT2D eigenvalue weighted by Crippen LogP contribution is -2.43. The van der Waals surface area contributed by atoms with Gasteiger partial charge in [-0.05, 0) is 114 Å². The maximum Gasteiger partial charge on any atom is 0.222 e. The fourth-order valence-corrected chi connectivity index (χ4v) is 8.51. The number of unbranched alkanes of at least 4 members (excludes halogenated alkanes) is 1. The Balaban J connectivity index is 1.17. The van der Waals surface area contributed by atoms with Gasteiger partial charge in [-0.2, -0.15) is 0 Å². The van der Waals surface area contributed by atoms with Crippen LogP contribution in [-0.2, 0) is 27.2 Å². The first-order valence-electron chi connectivity index (χ1n) is 15.2. The number of carbonyl (C=O) groups excluding carboxylic acids is 3. The smallest absolute Gasteiger partial charge is 0.222 e. The van der Waals surface area contributed by atoms with Crippen LogP contribution in [0.4, 0.5) is 0 Å². The van der Waals surface area contributed by atoms with Crippen LogP contribution in [-0.4, -0.2) is 58.7 Å². The minimum atomic E-state index is -0.318. The lowest BCUT2D eigenvalue weighted by molar-refractivity contribution is -0.135. The highest BCUT2D eigenvalue weighted by molar-refractivity contribution is 9.10. The van der Waals surface area contributed by atoms with E-state index in [-0.39, 0.29) is 23.6 Å². The number of rotatable bonds is 8.